The minimum Gasteiger partial charge on any atom is -0.318 e. The topological polar surface area (TPSA) is 110 Å². The normalized spacial score (nSPS) is 16.1. The molecule has 1 saturated heterocycles. The second-order valence-corrected chi connectivity index (χ2v) is 10.7. The van der Waals surface area contributed by atoms with Crippen LogP contribution >= 0.6 is 0 Å². The molecule has 184 valence electrons. The molecule has 0 bridgehead atoms. The summed E-state index contributed by atoms with van der Waals surface area (Å²) in [4.78, 5) is 39.2. The number of nitrogens with one attached hydrogen (secondary N) is 1. The van der Waals surface area contributed by atoms with Crippen molar-refractivity contribution in [3.05, 3.63) is 75.2 Å². The van der Waals surface area contributed by atoms with Crippen LogP contribution in [-0.2, 0) is 26.7 Å². The van der Waals surface area contributed by atoms with Crippen molar-refractivity contribution in [2.45, 2.75) is 51.5 Å². The summed E-state index contributed by atoms with van der Waals surface area (Å²) in [6.45, 7) is 6.88. The third-order valence-corrected chi connectivity index (χ3v) is 8.52. The molecule has 1 fully saturated rings. The first-order valence-electron chi connectivity index (χ1n) is 11.2. The van der Waals surface area contributed by atoms with E-state index in [1.807, 2.05) is 13.0 Å². The number of carbonyl (C=O) groups is 2. The van der Waals surface area contributed by atoms with Gasteiger partial charge in [0.1, 0.15) is 11.7 Å². The van der Waals surface area contributed by atoms with Gasteiger partial charge in [0.25, 0.3) is 15.6 Å². The molecule has 0 aliphatic carbocycles. The molecule has 35 heavy (non-hydrogen) atoms. The summed E-state index contributed by atoms with van der Waals surface area (Å²) in [6.07, 6.45) is -0.0457. The third-order valence-electron chi connectivity index (χ3n) is 6.39. The van der Waals surface area contributed by atoms with E-state index < -0.39 is 33.4 Å². The second-order valence-electron chi connectivity index (χ2n) is 8.90. The van der Waals surface area contributed by atoms with Gasteiger partial charge < -0.3 is 5.32 Å². The minimum absolute atomic E-state index is 0.0264. The van der Waals surface area contributed by atoms with E-state index in [1.54, 1.807) is 68.9 Å². The summed E-state index contributed by atoms with van der Waals surface area (Å²) < 4.78 is 30.9. The van der Waals surface area contributed by atoms with Crippen LogP contribution in [0, 0.1) is 27.7 Å². The first kappa shape index (κ1) is 24.5. The van der Waals surface area contributed by atoms with E-state index >= 15 is 0 Å². The minimum atomic E-state index is -4.28. The summed E-state index contributed by atoms with van der Waals surface area (Å²) in [6, 6.07) is 11.2. The predicted octanol–water partition coefficient (Wildman–Crippen LogP) is 2.73. The van der Waals surface area contributed by atoms with Crippen molar-refractivity contribution >= 4 is 27.5 Å². The number of sulfonamides is 1. The molecule has 2 amide bonds. The Kier molecular flexibility index (Phi) is 6.18. The van der Waals surface area contributed by atoms with Crippen LogP contribution in [0.15, 0.2) is 52.2 Å². The van der Waals surface area contributed by atoms with E-state index in [0.29, 0.717) is 26.8 Å². The lowest BCUT2D eigenvalue weighted by molar-refractivity contribution is -0.128. The zero-order valence-electron chi connectivity index (χ0n) is 20.3. The van der Waals surface area contributed by atoms with Gasteiger partial charge in [-0.1, -0.05) is 35.9 Å². The molecule has 1 N–H and O–H groups in total. The number of anilines is 1. The van der Waals surface area contributed by atoms with Crippen molar-refractivity contribution < 1.29 is 18.0 Å². The van der Waals surface area contributed by atoms with Crippen molar-refractivity contribution in [2.24, 2.45) is 7.05 Å². The SMILES string of the molecule is Cc1cc(C)c(S(=O)(=O)N2C(=O)CC[C@H]2C(=O)Nc2c(C)n(C)n(-c3ccccc3)c2=O)c(C)c1. The largest absolute Gasteiger partial charge is 0.318 e. The standard InChI is InChI=1S/C25H28N4O5S/c1-15-13-16(2)23(17(3)14-15)35(33,34)29-20(11-12-21(29)30)24(31)26-22-18(4)27(5)28(25(22)32)19-9-7-6-8-10-19/h6-10,13-14,20H,11-12H2,1-5H3,(H,26,31)/t20-/m0/s1. The van der Waals surface area contributed by atoms with E-state index in [1.165, 1.54) is 4.68 Å². The van der Waals surface area contributed by atoms with Gasteiger partial charge in [0.05, 0.1) is 16.3 Å². The van der Waals surface area contributed by atoms with Crippen molar-refractivity contribution in [3.63, 3.8) is 0 Å². The summed E-state index contributed by atoms with van der Waals surface area (Å²) >= 11 is 0. The van der Waals surface area contributed by atoms with Crippen LogP contribution in [0.5, 0.6) is 0 Å². The third kappa shape index (κ3) is 4.07. The molecule has 0 unspecified atom stereocenters. The number of aryl methyl sites for hydroxylation is 3. The fourth-order valence-corrected chi connectivity index (χ4v) is 6.82. The molecule has 0 saturated carbocycles. The first-order chi connectivity index (χ1) is 16.4. The van der Waals surface area contributed by atoms with Gasteiger partial charge in [-0.2, -0.15) is 0 Å². The van der Waals surface area contributed by atoms with Crippen molar-refractivity contribution in [3.8, 4) is 5.69 Å². The second kappa shape index (κ2) is 8.84. The Morgan fingerprint density at radius 2 is 1.60 bits per heavy atom. The molecule has 0 spiro atoms. The smallest absolute Gasteiger partial charge is 0.295 e. The Balaban J connectivity index is 1.71. The van der Waals surface area contributed by atoms with Gasteiger partial charge in [0.15, 0.2) is 0 Å². The highest BCUT2D eigenvalue weighted by Crippen LogP contribution is 2.32. The molecule has 2 heterocycles. The van der Waals surface area contributed by atoms with Gasteiger partial charge in [0, 0.05) is 13.5 Å². The maximum Gasteiger partial charge on any atom is 0.295 e. The molecule has 1 aliphatic rings. The van der Waals surface area contributed by atoms with Crippen LogP contribution in [0.3, 0.4) is 0 Å². The monoisotopic (exact) mass is 496 g/mol. The number of hydrogen-bond acceptors (Lipinski definition) is 5. The fourth-order valence-electron chi connectivity index (χ4n) is 4.79. The van der Waals surface area contributed by atoms with E-state index in [2.05, 4.69) is 5.32 Å². The number of carbonyl (C=O) groups excluding carboxylic acids is 2. The van der Waals surface area contributed by atoms with Crippen molar-refractivity contribution in [1.82, 2.24) is 13.7 Å². The highest BCUT2D eigenvalue weighted by Gasteiger charge is 2.45. The predicted molar refractivity (Wildman–Crippen MR) is 132 cm³/mol. The lowest BCUT2D eigenvalue weighted by Crippen LogP contribution is -2.45. The van der Waals surface area contributed by atoms with Gasteiger partial charge in [-0.05, 0) is 57.4 Å². The summed E-state index contributed by atoms with van der Waals surface area (Å²) in [5, 5.41) is 2.61. The van der Waals surface area contributed by atoms with Gasteiger partial charge in [-0.3, -0.25) is 19.1 Å². The Bertz CT molecular complexity index is 1480. The number of rotatable bonds is 5. The zero-order valence-corrected chi connectivity index (χ0v) is 21.1. The van der Waals surface area contributed by atoms with E-state index in [9.17, 15) is 22.8 Å². The van der Waals surface area contributed by atoms with Gasteiger partial charge in [-0.25, -0.2) is 17.4 Å². The first-order valence-corrected chi connectivity index (χ1v) is 12.7. The van der Waals surface area contributed by atoms with Crippen LogP contribution in [-0.4, -0.2) is 39.9 Å². The molecule has 0 radical (unpaired) electrons. The molecular formula is C25H28N4O5S. The maximum absolute atomic E-state index is 13.6. The Hall–Kier alpha value is -3.66. The van der Waals surface area contributed by atoms with Gasteiger partial charge in [0.2, 0.25) is 11.8 Å². The summed E-state index contributed by atoms with van der Waals surface area (Å²) in [5.41, 5.74) is 2.62. The van der Waals surface area contributed by atoms with Crippen LogP contribution in [0.25, 0.3) is 5.69 Å². The van der Waals surface area contributed by atoms with Crippen molar-refractivity contribution in [1.29, 1.82) is 0 Å². The highest BCUT2D eigenvalue weighted by atomic mass is 32.2. The molecule has 3 aromatic rings. The average Bonchev–Trinajstić information content (AvgIpc) is 3.27. The maximum atomic E-state index is 13.6. The number of para-hydroxylation sites is 1. The molecule has 2 aromatic carbocycles. The molecule has 9 nitrogen and oxygen atoms in total. The van der Waals surface area contributed by atoms with Crippen LogP contribution in [0.1, 0.15) is 35.2 Å². The number of nitrogens with zero attached hydrogens (tertiary/aromatic N) is 3. The Labute approximate surface area is 204 Å². The molecule has 4 rings (SSSR count). The number of benzene rings is 2. The molecule has 1 atom stereocenters. The van der Waals surface area contributed by atoms with Gasteiger partial charge >= 0.3 is 0 Å². The number of hydrogen-bond donors (Lipinski definition) is 1. The molecule has 10 heteroatoms. The fraction of sp³-hybridized carbons (Fsp3) is 0.320. The van der Waals surface area contributed by atoms with Crippen LogP contribution in [0.2, 0.25) is 0 Å². The summed E-state index contributed by atoms with van der Waals surface area (Å²) in [7, 11) is -2.59. The lowest BCUT2D eigenvalue weighted by atomic mass is 10.1. The number of amides is 2. The molecular weight excluding hydrogens is 468 g/mol. The van der Waals surface area contributed by atoms with Crippen LogP contribution < -0.4 is 10.9 Å². The highest BCUT2D eigenvalue weighted by molar-refractivity contribution is 7.89. The quantitative estimate of drug-likeness (QED) is 0.584. The Morgan fingerprint density at radius 3 is 2.20 bits per heavy atom. The lowest BCUT2D eigenvalue weighted by Gasteiger charge is -2.25. The van der Waals surface area contributed by atoms with Gasteiger partial charge in [-0.15, -0.1) is 0 Å². The van der Waals surface area contributed by atoms with E-state index in [-0.39, 0.29) is 23.4 Å². The zero-order chi connectivity index (χ0) is 25.7. The van der Waals surface area contributed by atoms with E-state index in [4.69, 9.17) is 0 Å². The Morgan fingerprint density at radius 1 is 1.00 bits per heavy atom. The molecule has 1 aliphatic heterocycles. The van der Waals surface area contributed by atoms with E-state index in [0.717, 1.165) is 5.56 Å². The van der Waals surface area contributed by atoms with Crippen molar-refractivity contribution in [2.75, 3.05) is 5.32 Å². The molecule has 1 aromatic heterocycles. The summed E-state index contributed by atoms with van der Waals surface area (Å²) in [5.74, 6) is -1.36. The average molecular weight is 497 g/mol. The number of aromatic nitrogens is 2. The van der Waals surface area contributed by atoms with Crippen LogP contribution in [0.4, 0.5) is 5.69 Å².